The van der Waals surface area contributed by atoms with Crippen molar-refractivity contribution in [3.63, 3.8) is 0 Å². The fourth-order valence-corrected chi connectivity index (χ4v) is 2.83. The first-order valence-corrected chi connectivity index (χ1v) is 8.47. The normalized spacial score (nSPS) is 12.3. The van der Waals surface area contributed by atoms with Crippen LogP contribution in [0.25, 0.3) is 5.69 Å². The van der Waals surface area contributed by atoms with Crippen LogP contribution in [0.15, 0.2) is 52.3 Å². The fraction of sp³-hybridized carbons (Fsp3) is 0.0526. The zero-order valence-corrected chi connectivity index (χ0v) is 15.1. The van der Waals surface area contributed by atoms with E-state index in [9.17, 15) is 10.1 Å². The Kier molecular flexibility index (Phi) is 4.43. The summed E-state index contributed by atoms with van der Waals surface area (Å²) in [6.07, 6.45) is 1.51. The molecule has 2 N–H and O–H groups in total. The van der Waals surface area contributed by atoms with E-state index in [0.29, 0.717) is 27.8 Å². The van der Waals surface area contributed by atoms with Crippen LogP contribution in [-0.4, -0.2) is 22.6 Å². The number of nitrogen functional groups attached to an aromatic ring is 1. The Labute approximate surface area is 164 Å². The first-order valence-electron chi connectivity index (χ1n) is 8.09. The molecule has 2 heterocycles. The van der Waals surface area contributed by atoms with Gasteiger partial charge in [0.05, 0.1) is 5.69 Å². The second kappa shape index (κ2) is 7.06. The highest BCUT2D eigenvalue weighted by molar-refractivity contribution is 6.30. The van der Waals surface area contributed by atoms with Gasteiger partial charge in [0.2, 0.25) is 6.79 Å². The molecule has 0 atom stereocenters. The smallest absolute Gasteiger partial charge is 0.355 e. The number of aromatic nitrogens is 2. The lowest BCUT2D eigenvalue weighted by Gasteiger charge is -2.11. The maximum absolute atomic E-state index is 12.4. The van der Waals surface area contributed by atoms with Crippen molar-refractivity contribution in [3.8, 4) is 23.3 Å². The Bertz CT molecular complexity index is 1200. The minimum Gasteiger partial charge on any atom is -0.454 e. The minimum absolute atomic E-state index is 0.00383. The first kappa shape index (κ1) is 17.6. The number of nitriles is 1. The van der Waals surface area contributed by atoms with Crippen molar-refractivity contribution < 1.29 is 9.47 Å². The Balaban J connectivity index is 1.80. The molecule has 0 aliphatic carbocycles. The number of aliphatic imine (C=N–C) groups is 1. The Morgan fingerprint density at radius 2 is 1.96 bits per heavy atom. The molecule has 28 heavy (non-hydrogen) atoms. The molecule has 0 unspecified atom stereocenters. The lowest BCUT2D eigenvalue weighted by atomic mass is 10.2. The number of hydrogen-bond donors (Lipinski definition) is 1. The lowest BCUT2D eigenvalue weighted by molar-refractivity contribution is 0.174. The third kappa shape index (κ3) is 3.15. The predicted octanol–water partition coefficient (Wildman–Crippen LogP) is 2.82. The van der Waals surface area contributed by atoms with E-state index in [4.69, 9.17) is 26.8 Å². The van der Waals surface area contributed by atoms with E-state index in [2.05, 4.69) is 9.98 Å². The molecule has 138 valence electrons. The van der Waals surface area contributed by atoms with Gasteiger partial charge in [0, 0.05) is 11.2 Å². The van der Waals surface area contributed by atoms with Gasteiger partial charge in [-0.2, -0.15) is 10.2 Å². The monoisotopic (exact) mass is 393 g/mol. The number of anilines is 1. The minimum atomic E-state index is -0.682. The highest BCUT2D eigenvalue weighted by Gasteiger charge is 2.16. The molecule has 0 amide bonds. The molecule has 1 aliphatic heterocycles. The van der Waals surface area contributed by atoms with Crippen LogP contribution in [0.2, 0.25) is 5.02 Å². The third-order valence-electron chi connectivity index (χ3n) is 4.04. The summed E-state index contributed by atoms with van der Waals surface area (Å²) in [6.45, 7) is 0.164. The molecule has 0 spiro atoms. The molecule has 1 aliphatic rings. The van der Waals surface area contributed by atoms with Crippen LogP contribution in [-0.2, 0) is 0 Å². The summed E-state index contributed by atoms with van der Waals surface area (Å²) in [7, 11) is 0. The molecular weight excluding hydrogens is 382 g/mol. The summed E-state index contributed by atoms with van der Waals surface area (Å²) < 4.78 is 11.8. The molecule has 0 bridgehead atoms. The van der Waals surface area contributed by atoms with E-state index < -0.39 is 5.69 Å². The molecule has 0 saturated heterocycles. The van der Waals surface area contributed by atoms with Crippen LogP contribution in [0.4, 0.5) is 11.5 Å². The van der Waals surface area contributed by atoms with E-state index in [1.807, 2.05) is 6.07 Å². The van der Waals surface area contributed by atoms with Gasteiger partial charge in [0.25, 0.3) is 0 Å². The van der Waals surface area contributed by atoms with Gasteiger partial charge in [-0.3, -0.25) is 0 Å². The number of nitrogens with zero attached hydrogens (tertiary/aromatic N) is 4. The number of fused-ring (bicyclic) bond motifs is 1. The average Bonchev–Trinajstić information content (AvgIpc) is 3.16. The van der Waals surface area contributed by atoms with Crippen LogP contribution in [0.5, 0.6) is 11.5 Å². The zero-order valence-electron chi connectivity index (χ0n) is 14.3. The SMILES string of the molecule is N#Cc1nc(=O)n(-c2ccc(Cl)cc2)c(N)c1N=Cc1ccc2c(c1)OCO2. The summed E-state index contributed by atoms with van der Waals surface area (Å²) in [5.41, 5.74) is 6.58. The highest BCUT2D eigenvalue weighted by atomic mass is 35.5. The van der Waals surface area contributed by atoms with E-state index >= 15 is 0 Å². The van der Waals surface area contributed by atoms with E-state index in [1.165, 1.54) is 10.8 Å². The summed E-state index contributed by atoms with van der Waals surface area (Å²) in [6, 6.07) is 13.6. The molecule has 4 rings (SSSR count). The molecule has 1 aromatic heterocycles. The number of benzene rings is 2. The van der Waals surface area contributed by atoms with Gasteiger partial charge in [-0.05, 0) is 48.0 Å². The number of nitrogens with two attached hydrogens (primary N) is 1. The van der Waals surface area contributed by atoms with Gasteiger partial charge < -0.3 is 15.2 Å². The summed E-state index contributed by atoms with van der Waals surface area (Å²) in [4.78, 5) is 20.5. The summed E-state index contributed by atoms with van der Waals surface area (Å²) in [5.74, 6) is 1.24. The molecule has 9 heteroatoms. The maximum Gasteiger partial charge on any atom is 0.355 e. The second-order valence-electron chi connectivity index (χ2n) is 5.77. The van der Waals surface area contributed by atoms with Crippen molar-refractivity contribution in [1.82, 2.24) is 9.55 Å². The van der Waals surface area contributed by atoms with Gasteiger partial charge in [-0.25, -0.2) is 14.4 Å². The molecule has 0 radical (unpaired) electrons. The van der Waals surface area contributed by atoms with Crippen molar-refractivity contribution >= 4 is 29.3 Å². The maximum atomic E-state index is 12.4. The summed E-state index contributed by atoms with van der Waals surface area (Å²) >= 11 is 5.90. The van der Waals surface area contributed by atoms with Crippen LogP contribution >= 0.6 is 11.6 Å². The summed E-state index contributed by atoms with van der Waals surface area (Å²) in [5, 5.41) is 9.86. The van der Waals surface area contributed by atoms with Crippen molar-refractivity contribution in [2.75, 3.05) is 12.5 Å². The quantitative estimate of drug-likeness (QED) is 0.684. The van der Waals surface area contributed by atoms with Crippen molar-refractivity contribution in [1.29, 1.82) is 5.26 Å². The van der Waals surface area contributed by atoms with Crippen LogP contribution in [0.1, 0.15) is 11.3 Å². The molecule has 0 fully saturated rings. The van der Waals surface area contributed by atoms with Crippen LogP contribution in [0.3, 0.4) is 0 Å². The highest BCUT2D eigenvalue weighted by Crippen LogP contribution is 2.32. The molecule has 3 aromatic rings. The lowest BCUT2D eigenvalue weighted by Crippen LogP contribution is -2.25. The molecule has 8 nitrogen and oxygen atoms in total. The number of rotatable bonds is 3. The number of hydrogen-bond acceptors (Lipinski definition) is 7. The van der Waals surface area contributed by atoms with Gasteiger partial charge in [0.15, 0.2) is 17.2 Å². The van der Waals surface area contributed by atoms with Crippen LogP contribution < -0.4 is 20.9 Å². The molecular formula is C19H12ClN5O3. The third-order valence-corrected chi connectivity index (χ3v) is 4.29. The zero-order chi connectivity index (χ0) is 19.7. The topological polar surface area (TPSA) is 116 Å². The predicted molar refractivity (Wildman–Crippen MR) is 104 cm³/mol. The average molecular weight is 394 g/mol. The van der Waals surface area contributed by atoms with Crippen molar-refractivity contribution in [2.45, 2.75) is 0 Å². The van der Waals surface area contributed by atoms with E-state index in [1.54, 1.807) is 42.5 Å². The largest absolute Gasteiger partial charge is 0.454 e. The Hall–Kier alpha value is -3.83. The van der Waals surface area contributed by atoms with Crippen molar-refractivity contribution in [2.24, 2.45) is 4.99 Å². The van der Waals surface area contributed by atoms with Gasteiger partial charge in [-0.1, -0.05) is 11.6 Å². The Morgan fingerprint density at radius 3 is 2.71 bits per heavy atom. The molecule has 2 aromatic carbocycles. The van der Waals surface area contributed by atoms with E-state index in [-0.39, 0.29) is 24.0 Å². The van der Waals surface area contributed by atoms with Gasteiger partial charge in [0.1, 0.15) is 17.6 Å². The van der Waals surface area contributed by atoms with E-state index in [0.717, 1.165) is 0 Å². The van der Waals surface area contributed by atoms with Gasteiger partial charge >= 0.3 is 5.69 Å². The number of ether oxygens (including phenoxy) is 2. The first-order chi connectivity index (χ1) is 13.6. The fourth-order valence-electron chi connectivity index (χ4n) is 2.71. The van der Waals surface area contributed by atoms with Gasteiger partial charge in [-0.15, -0.1) is 0 Å². The van der Waals surface area contributed by atoms with Crippen molar-refractivity contribution in [3.05, 3.63) is 69.2 Å². The standard InChI is InChI=1S/C19H12ClN5O3/c20-12-2-4-13(5-3-12)25-18(22)17(14(8-21)24-19(25)26)23-9-11-1-6-15-16(7-11)28-10-27-15/h1-7,9H,10,22H2. The Morgan fingerprint density at radius 1 is 1.21 bits per heavy atom. The number of halogens is 1. The van der Waals surface area contributed by atoms with Crippen LogP contribution in [0, 0.1) is 11.3 Å². The second-order valence-corrected chi connectivity index (χ2v) is 6.21. The molecule has 0 saturated carbocycles.